The van der Waals surface area contributed by atoms with E-state index in [1.165, 1.54) is 38.9 Å². The maximum atomic E-state index is 5.97. The van der Waals surface area contributed by atoms with Crippen molar-refractivity contribution >= 4 is 11.4 Å². The molecule has 1 aromatic carbocycles. The minimum Gasteiger partial charge on any atom is -0.491 e. The Morgan fingerprint density at radius 2 is 2.00 bits per heavy atom. The molecule has 118 valence electrons. The van der Waals surface area contributed by atoms with Gasteiger partial charge in [0.1, 0.15) is 5.75 Å². The Morgan fingerprint density at radius 3 is 2.62 bits per heavy atom. The topological polar surface area (TPSA) is 50.5 Å². The quantitative estimate of drug-likeness (QED) is 0.789. The second-order valence-corrected chi connectivity index (χ2v) is 6.22. The van der Waals surface area contributed by atoms with Crippen LogP contribution in [-0.4, -0.2) is 36.7 Å². The molecule has 1 aliphatic heterocycles. The molecule has 1 aromatic rings. The highest BCUT2D eigenvalue weighted by Gasteiger charge is 2.18. The summed E-state index contributed by atoms with van der Waals surface area (Å²) < 4.78 is 5.75. The van der Waals surface area contributed by atoms with Crippen LogP contribution in [-0.2, 0) is 0 Å². The third kappa shape index (κ3) is 5.12. The van der Waals surface area contributed by atoms with E-state index in [1.54, 1.807) is 0 Å². The third-order valence-electron chi connectivity index (χ3n) is 3.80. The van der Waals surface area contributed by atoms with E-state index >= 15 is 0 Å². The van der Waals surface area contributed by atoms with Crippen LogP contribution >= 0.6 is 0 Å². The summed E-state index contributed by atoms with van der Waals surface area (Å²) in [5.74, 6) is 0.843. The fourth-order valence-electron chi connectivity index (χ4n) is 2.90. The highest BCUT2D eigenvalue weighted by Crippen LogP contribution is 2.25. The van der Waals surface area contributed by atoms with Crippen molar-refractivity contribution in [3.8, 4) is 5.75 Å². The molecule has 4 nitrogen and oxygen atoms in total. The molecule has 2 rings (SSSR count). The Kier molecular flexibility index (Phi) is 5.74. The number of hydrogen-bond donors (Lipinski definition) is 2. The van der Waals surface area contributed by atoms with E-state index in [2.05, 4.69) is 23.2 Å². The van der Waals surface area contributed by atoms with Crippen molar-refractivity contribution in [1.82, 2.24) is 4.90 Å². The summed E-state index contributed by atoms with van der Waals surface area (Å²) >= 11 is 0. The van der Waals surface area contributed by atoms with Gasteiger partial charge in [0.25, 0.3) is 0 Å². The number of ether oxygens (including phenoxy) is 1. The summed E-state index contributed by atoms with van der Waals surface area (Å²) in [6, 6.07) is 6.46. The Bertz CT molecular complexity index is 440. The van der Waals surface area contributed by atoms with Crippen molar-refractivity contribution in [2.24, 2.45) is 0 Å². The molecule has 1 heterocycles. The highest BCUT2D eigenvalue weighted by atomic mass is 16.5. The minimum absolute atomic E-state index is 0.164. The van der Waals surface area contributed by atoms with Crippen LogP contribution in [0.2, 0.25) is 0 Å². The van der Waals surface area contributed by atoms with Gasteiger partial charge in [0, 0.05) is 42.6 Å². The predicted octanol–water partition coefficient (Wildman–Crippen LogP) is 3.34. The Labute approximate surface area is 128 Å². The van der Waals surface area contributed by atoms with Gasteiger partial charge in [0.15, 0.2) is 0 Å². The summed E-state index contributed by atoms with van der Waals surface area (Å²) in [6.45, 7) is 9.89. The Hall–Kier alpha value is -1.42. The van der Waals surface area contributed by atoms with Crippen molar-refractivity contribution in [2.45, 2.75) is 52.2 Å². The van der Waals surface area contributed by atoms with Crippen LogP contribution in [0.4, 0.5) is 11.4 Å². The van der Waals surface area contributed by atoms with Crippen molar-refractivity contribution in [2.75, 3.05) is 30.7 Å². The summed E-state index contributed by atoms with van der Waals surface area (Å²) in [5, 5.41) is 3.61. The number of benzene rings is 1. The molecule has 0 radical (unpaired) electrons. The van der Waals surface area contributed by atoms with E-state index in [0.29, 0.717) is 6.04 Å². The summed E-state index contributed by atoms with van der Waals surface area (Å²) in [6.07, 6.45) is 3.78. The molecular formula is C17H29N3O. The van der Waals surface area contributed by atoms with Crippen molar-refractivity contribution < 1.29 is 4.74 Å². The molecular weight excluding hydrogens is 262 g/mol. The van der Waals surface area contributed by atoms with Crippen LogP contribution in [0.3, 0.4) is 0 Å². The van der Waals surface area contributed by atoms with Crippen LogP contribution in [0.5, 0.6) is 5.75 Å². The van der Waals surface area contributed by atoms with Crippen LogP contribution in [0.1, 0.15) is 40.0 Å². The lowest BCUT2D eigenvalue weighted by Gasteiger charge is -2.32. The normalized spacial score (nSPS) is 17.1. The van der Waals surface area contributed by atoms with Gasteiger partial charge in [-0.15, -0.1) is 0 Å². The largest absolute Gasteiger partial charge is 0.491 e. The first kappa shape index (κ1) is 16.0. The molecule has 0 spiro atoms. The van der Waals surface area contributed by atoms with Gasteiger partial charge in [-0.25, -0.2) is 0 Å². The molecule has 0 aliphatic carbocycles. The predicted molar refractivity (Wildman–Crippen MR) is 90.0 cm³/mol. The Morgan fingerprint density at radius 1 is 1.29 bits per heavy atom. The fourth-order valence-corrected chi connectivity index (χ4v) is 2.90. The van der Waals surface area contributed by atoms with Gasteiger partial charge in [-0.1, -0.05) is 6.92 Å². The number of piperidine rings is 1. The first-order valence-corrected chi connectivity index (χ1v) is 8.13. The standard InChI is InChI=1S/C17H29N3O/c1-4-7-20-8-5-15(6-9-20)19-16-10-14(18)11-17(12-16)21-13(2)3/h10-13,15,19H,4-9,18H2,1-3H3. The van der Waals surface area contributed by atoms with Gasteiger partial charge < -0.3 is 20.7 Å². The van der Waals surface area contributed by atoms with Gasteiger partial charge >= 0.3 is 0 Å². The lowest BCUT2D eigenvalue weighted by Crippen LogP contribution is -2.39. The zero-order valence-corrected chi connectivity index (χ0v) is 13.6. The number of nitrogen functional groups attached to an aromatic ring is 1. The molecule has 0 amide bonds. The van der Waals surface area contributed by atoms with E-state index in [4.69, 9.17) is 10.5 Å². The number of rotatable bonds is 6. The van der Waals surface area contributed by atoms with Crippen molar-refractivity contribution in [1.29, 1.82) is 0 Å². The van der Waals surface area contributed by atoms with Gasteiger partial charge in [-0.3, -0.25) is 0 Å². The molecule has 0 aromatic heterocycles. The molecule has 0 bridgehead atoms. The van der Waals surface area contributed by atoms with Crippen LogP contribution in [0.25, 0.3) is 0 Å². The average molecular weight is 291 g/mol. The zero-order valence-electron chi connectivity index (χ0n) is 13.6. The third-order valence-corrected chi connectivity index (χ3v) is 3.80. The van der Waals surface area contributed by atoms with Crippen molar-refractivity contribution in [3.63, 3.8) is 0 Å². The van der Waals surface area contributed by atoms with E-state index in [9.17, 15) is 0 Å². The molecule has 0 saturated carbocycles. The SMILES string of the molecule is CCCN1CCC(Nc2cc(N)cc(OC(C)C)c2)CC1. The first-order chi connectivity index (χ1) is 10.1. The van der Waals surface area contributed by atoms with Gasteiger partial charge in [0.2, 0.25) is 0 Å². The molecule has 1 fully saturated rings. The van der Waals surface area contributed by atoms with Crippen LogP contribution in [0.15, 0.2) is 18.2 Å². The molecule has 0 unspecified atom stereocenters. The van der Waals surface area contributed by atoms with E-state index in [-0.39, 0.29) is 6.10 Å². The van der Waals surface area contributed by atoms with E-state index in [1.807, 2.05) is 26.0 Å². The summed E-state index contributed by atoms with van der Waals surface area (Å²) in [4.78, 5) is 2.55. The smallest absolute Gasteiger partial charge is 0.123 e. The summed E-state index contributed by atoms with van der Waals surface area (Å²) in [5.41, 5.74) is 7.79. The van der Waals surface area contributed by atoms with Gasteiger partial charge in [0.05, 0.1) is 6.10 Å². The second-order valence-electron chi connectivity index (χ2n) is 6.22. The van der Waals surface area contributed by atoms with Gasteiger partial charge in [-0.2, -0.15) is 0 Å². The fraction of sp³-hybridized carbons (Fsp3) is 0.647. The second kappa shape index (κ2) is 7.55. The summed E-state index contributed by atoms with van der Waals surface area (Å²) in [7, 11) is 0. The molecule has 4 heteroatoms. The monoisotopic (exact) mass is 291 g/mol. The number of nitrogens with two attached hydrogens (primary N) is 1. The van der Waals surface area contributed by atoms with Crippen LogP contribution < -0.4 is 15.8 Å². The molecule has 21 heavy (non-hydrogen) atoms. The lowest BCUT2D eigenvalue weighted by molar-refractivity contribution is 0.219. The lowest BCUT2D eigenvalue weighted by atomic mass is 10.0. The van der Waals surface area contributed by atoms with Gasteiger partial charge in [-0.05, 0) is 45.7 Å². The first-order valence-electron chi connectivity index (χ1n) is 8.13. The maximum absolute atomic E-state index is 5.97. The number of hydrogen-bond acceptors (Lipinski definition) is 4. The molecule has 1 saturated heterocycles. The number of nitrogens with one attached hydrogen (secondary N) is 1. The Balaban J connectivity index is 1.92. The van der Waals surface area contributed by atoms with E-state index < -0.39 is 0 Å². The minimum atomic E-state index is 0.164. The molecule has 3 N–H and O–H groups in total. The number of anilines is 2. The zero-order chi connectivity index (χ0) is 15.2. The number of likely N-dealkylation sites (tertiary alicyclic amines) is 1. The molecule has 1 aliphatic rings. The van der Waals surface area contributed by atoms with E-state index in [0.717, 1.165) is 17.1 Å². The highest BCUT2D eigenvalue weighted by molar-refractivity contribution is 5.59. The van der Waals surface area contributed by atoms with Crippen LogP contribution in [0, 0.1) is 0 Å². The average Bonchev–Trinajstić information content (AvgIpc) is 2.40. The number of nitrogens with zero attached hydrogens (tertiary/aromatic N) is 1. The maximum Gasteiger partial charge on any atom is 0.123 e. The van der Waals surface area contributed by atoms with Crippen molar-refractivity contribution in [3.05, 3.63) is 18.2 Å². The molecule has 0 atom stereocenters.